The third-order valence-electron chi connectivity index (χ3n) is 1.88. The lowest BCUT2D eigenvalue weighted by Crippen LogP contribution is -2.13. The lowest BCUT2D eigenvalue weighted by molar-refractivity contribution is -0.142. The molecule has 1 N–H and O–H groups in total. The fourth-order valence-electron chi connectivity index (χ4n) is 1.17. The highest BCUT2D eigenvalue weighted by atomic mass is 16.6. The number of carbonyl (C=O) groups is 1. The van der Waals surface area contributed by atoms with Gasteiger partial charge in [0.15, 0.2) is 0 Å². The molecule has 1 aromatic carbocycles. The molecule has 4 nitrogen and oxygen atoms in total. The predicted molar refractivity (Wildman–Crippen MR) is 62.4 cm³/mol. The van der Waals surface area contributed by atoms with Gasteiger partial charge in [-0.2, -0.15) is 0 Å². The fraction of sp³-hybridized carbons (Fsp3) is 0.417. The van der Waals surface area contributed by atoms with Crippen molar-refractivity contribution in [3.8, 4) is 0 Å². The van der Waals surface area contributed by atoms with E-state index in [4.69, 9.17) is 9.47 Å². The second kappa shape index (κ2) is 7.70. The molecule has 0 aromatic heterocycles. The molecule has 1 aromatic rings. The Balaban J connectivity index is 1.94. The van der Waals surface area contributed by atoms with Gasteiger partial charge in [-0.15, -0.1) is 0 Å². The molecule has 0 atom stereocenters. The van der Waals surface area contributed by atoms with E-state index in [0.29, 0.717) is 19.8 Å². The molecule has 4 heteroatoms. The molecule has 0 aliphatic rings. The van der Waals surface area contributed by atoms with E-state index in [1.54, 1.807) is 0 Å². The highest BCUT2D eigenvalue weighted by Gasteiger charge is 1.93. The quantitative estimate of drug-likeness (QED) is 0.564. The van der Waals surface area contributed by atoms with Crippen molar-refractivity contribution in [1.82, 2.24) is 0 Å². The molecule has 88 valence electrons. The molecule has 16 heavy (non-hydrogen) atoms. The van der Waals surface area contributed by atoms with Crippen molar-refractivity contribution in [3.05, 3.63) is 30.3 Å². The van der Waals surface area contributed by atoms with E-state index in [2.05, 4.69) is 5.32 Å². The van der Waals surface area contributed by atoms with Crippen molar-refractivity contribution in [2.24, 2.45) is 0 Å². The van der Waals surface area contributed by atoms with Crippen molar-refractivity contribution >= 4 is 11.7 Å². The average molecular weight is 223 g/mol. The number of hydrogen-bond acceptors (Lipinski definition) is 4. The SMILES string of the molecule is CC(=O)OCCOCCNc1ccccc1. The smallest absolute Gasteiger partial charge is 0.302 e. The monoisotopic (exact) mass is 223 g/mol. The van der Waals surface area contributed by atoms with Gasteiger partial charge in [-0.25, -0.2) is 0 Å². The van der Waals surface area contributed by atoms with E-state index in [1.165, 1.54) is 6.92 Å². The van der Waals surface area contributed by atoms with E-state index < -0.39 is 0 Å². The molecule has 0 radical (unpaired) electrons. The maximum Gasteiger partial charge on any atom is 0.302 e. The second-order valence-electron chi connectivity index (χ2n) is 3.25. The first-order chi connectivity index (χ1) is 7.79. The van der Waals surface area contributed by atoms with Gasteiger partial charge in [0.2, 0.25) is 0 Å². The van der Waals surface area contributed by atoms with Crippen LogP contribution in [0.4, 0.5) is 5.69 Å². The molecule has 0 saturated heterocycles. The molecule has 0 unspecified atom stereocenters. The van der Waals surface area contributed by atoms with Crippen LogP contribution in [0.3, 0.4) is 0 Å². The number of benzene rings is 1. The van der Waals surface area contributed by atoms with Crippen molar-refractivity contribution in [1.29, 1.82) is 0 Å². The van der Waals surface area contributed by atoms with Crippen LogP contribution in [0.2, 0.25) is 0 Å². The topological polar surface area (TPSA) is 47.6 Å². The third-order valence-corrected chi connectivity index (χ3v) is 1.88. The number of carbonyl (C=O) groups excluding carboxylic acids is 1. The summed E-state index contributed by atoms with van der Waals surface area (Å²) in [6, 6.07) is 9.92. The van der Waals surface area contributed by atoms with Gasteiger partial charge in [0.05, 0.1) is 13.2 Å². The number of ether oxygens (including phenoxy) is 2. The first-order valence-corrected chi connectivity index (χ1v) is 5.29. The summed E-state index contributed by atoms with van der Waals surface area (Å²) in [6.07, 6.45) is 0. The van der Waals surface area contributed by atoms with Gasteiger partial charge in [-0.1, -0.05) is 18.2 Å². The summed E-state index contributed by atoms with van der Waals surface area (Å²) in [5.74, 6) is -0.272. The van der Waals surface area contributed by atoms with E-state index in [0.717, 1.165) is 12.2 Å². The summed E-state index contributed by atoms with van der Waals surface area (Å²) < 4.78 is 9.99. The van der Waals surface area contributed by atoms with Gasteiger partial charge in [0, 0.05) is 19.2 Å². The molecule has 0 heterocycles. The molecular formula is C12H17NO3. The highest BCUT2D eigenvalue weighted by molar-refractivity contribution is 5.65. The molecular weight excluding hydrogens is 206 g/mol. The van der Waals surface area contributed by atoms with Gasteiger partial charge < -0.3 is 14.8 Å². The molecule has 0 bridgehead atoms. The Hall–Kier alpha value is -1.55. The van der Waals surface area contributed by atoms with Crippen LogP contribution in [0.5, 0.6) is 0 Å². The Kier molecular flexibility index (Phi) is 6.03. The number of anilines is 1. The standard InChI is InChI=1S/C12H17NO3/c1-11(14)16-10-9-15-8-7-13-12-5-3-2-4-6-12/h2-6,13H,7-10H2,1H3. The number of para-hydroxylation sites is 1. The molecule has 0 spiro atoms. The van der Waals surface area contributed by atoms with Gasteiger partial charge >= 0.3 is 5.97 Å². The van der Waals surface area contributed by atoms with Crippen LogP contribution in [0.15, 0.2) is 30.3 Å². The van der Waals surface area contributed by atoms with E-state index in [1.807, 2.05) is 30.3 Å². The van der Waals surface area contributed by atoms with E-state index in [-0.39, 0.29) is 5.97 Å². The van der Waals surface area contributed by atoms with Crippen molar-refractivity contribution in [2.45, 2.75) is 6.92 Å². The fourth-order valence-corrected chi connectivity index (χ4v) is 1.17. The van der Waals surface area contributed by atoms with Crippen LogP contribution in [0.1, 0.15) is 6.92 Å². The Morgan fingerprint density at radius 1 is 1.19 bits per heavy atom. The van der Waals surface area contributed by atoms with Crippen LogP contribution >= 0.6 is 0 Å². The minimum Gasteiger partial charge on any atom is -0.463 e. The van der Waals surface area contributed by atoms with Crippen LogP contribution in [0, 0.1) is 0 Å². The van der Waals surface area contributed by atoms with Crippen LogP contribution in [-0.4, -0.2) is 32.3 Å². The van der Waals surface area contributed by atoms with Crippen molar-refractivity contribution in [2.75, 3.05) is 31.7 Å². The zero-order chi connectivity index (χ0) is 11.6. The summed E-state index contributed by atoms with van der Waals surface area (Å²) in [4.78, 5) is 10.4. The second-order valence-corrected chi connectivity index (χ2v) is 3.25. The number of rotatable bonds is 7. The zero-order valence-electron chi connectivity index (χ0n) is 9.44. The van der Waals surface area contributed by atoms with E-state index in [9.17, 15) is 4.79 Å². The Morgan fingerprint density at radius 3 is 2.62 bits per heavy atom. The lowest BCUT2D eigenvalue weighted by Gasteiger charge is -2.07. The molecule has 0 amide bonds. The highest BCUT2D eigenvalue weighted by Crippen LogP contribution is 2.03. The molecule has 0 aliphatic carbocycles. The van der Waals surface area contributed by atoms with Gasteiger partial charge in [-0.3, -0.25) is 4.79 Å². The molecule has 0 aliphatic heterocycles. The lowest BCUT2D eigenvalue weighted by atomic mass is 10.3. The normalized spacial score (nSPS) is 9.81. The predicted octanol–water partition coefficient (Wildman–Crippen LogP) is 1.68. The Morgan fingerprint density at radius 2 is 1.94 bits per heavy atom. The Bertz CT molecular complexity index is 300. The summed E-state index contributed by atoms with van der Waals surface area (Å²) >= 11 is 0. The average Bonchev–Trinajstić information content (AvgIpc) is 2.29. The molecule has 0 saturated carbocycles. The minimum atomic E-state index is -0.272. The number of esters is 1. The summed E-state index contributed by atoms with van der Waals surface area (Å²) in [5.41, 5.74) is 1.08. The number of nitrogens with one attached hydrogen (secondary N) is 1. The van der Waals surface area contributed by atoms with Gasteiger partial charge in [0.25, 0.3) is 0 Å². The van der Waals surface area contributed by atoms with Crippen LogP contribution < -0.4 is 5.32 Å². The first kappa shape index (κ1) is 12.5. The third kappa shape index (κ3) is 6.03. The molecule has 0 fully saturated rings. The minimum absolute atomic E-state index is 0.272. The first-order valence-electron chi connectivity index (χ1n) is 5.29. The summed E-state index contributed by atoms with van der Waals surface area (Å²) in [6.45, 7) is 3.48. The van der Waals surface area contributed by atoms with Crippen LogP contribution in [0.25, 0.3) is 0 Å². The van der Waals surface area contributed by atoms with Crippen LogP contribution in [-0.2, 0) is 14.3 Å². The largest absolute Gasteiger partial charge is 0.463 e. The van der Waals surface area contributed by atoms with Gasteiger partial charge in [-0.05, 0) is 12.1 Å². The maximum absolute atomic E-state index is 10.4. The van der Waals surface area contributed by atoms with Crippen molar-refractivity contribution < 1.29 is 14.3 Å². The van der Waals surface area contributed by atoms with Gasteiger partial charge in [0.1, 0.15) is 6.61 Å². The van der Waals surface area contributed by atoms with E-state index >= 15 is 0 Å². The van der Waals surface area contributed by atoms with Crippen molar-refractivity contribution in [3.63, 3.8) is 0 Å². The summed E-state index contributed by atoms with van der Waals surface area (Å²) in [5, 5.41) is 3.21. The number of hydrogen-bond donors (Lipinski definition) is 1. The Labute approximate surface area is 95.6 Å². The summed E-state index contributed by atoms with van der Waals surface area (Å²) in [7, 11) is 0. The maximum atomic E-state index is 10.4. The molecule has 1 rings (SSSR count). The zero-order valence-corrected chi connectivity index (χ0v) is 9.44.